The summed E-state index contributed by atoms with van der Waals surface area (Å²) in [5.41, 5.74) is 1.13. The first-order valence-corrected chi connectivity index (χ1v) is 6.94. The molecule has 4 heteroatoms. The monoisotopic (exact) mass is 252 g/mol. The van der Waals surface area contributed by atoms with E-state index in [4.69, 9.17) is 0 Å². The Kier molecular flexibility index (Phi) is 4.42. The molecule has 0 spiro atoms. The Hall–Kier alpha value is -1.03. The normalized spacial score (nSPS) is 21.8. The number of halogens is 1. The topological polar surface area (TPSA) is 24.4 Å². The molecular weight excluding hydrogens is 235 g/mol. The summed E-state index contributed by atoms with van der Waals surface area (Å²) in [6, 6.07) is 7.21. The molecule has 1 atom stereocenters. The second kappa shape index (κ2) is 6.05. The van der Waals surface area contributed by atoms with Crippen LogP contribution in [-0.2, 0) is 6.42 Å². The molecule has 1 aromatic rings. The molecule has 2 rings (SSSR count). The third-order valence-electron chi connectivity index (χ3n) is 2.81. The zero-order chi connectivity index (χ0) is 12.1. The van der Waals surface area contributed by atoms with Crippen molar-refractivity contribution in [3.8, 4) is 0 Å². The lowest BCUT2D eigenvalue weighted by Gasteiger charge is -2.04. The second-order valence-corrected chi connectivity index (χ2v) is 5.13. The number of hydrogen-bond donors (Lipinski definition) is 1. The maximum absolute atomic E-state index is 12.7. The molecular formula is C13H17FN2S. The highest BCUT2D eigenvalue weighted by Crippen LogP contribution is 2.15. The van der Waals surface area contributed by atoms with E-state index in [-0.39, 0.29) is 5.82 Å². The fraction of sp³-hybridized carbons (Fsp3) is 0.462. The Morgan fingerprint density at radius 1 is 1.41 bits per heavy atom. The average molecular weight is 252 g/mol. The first kappa shape index (κ1) is 12.4. The van der Waals surface area contributed by atoms with Gasteiger partial charge in [0.25, 0.3) is 0 Å². The van der Waals surface area contributed by atoms with Crippen LogP contribution < -0.4 is 5.32 Å². The maximum Gasteiger partial charge on any atom is 0.156 e. The molecule has 1 N–H and O–H groups in total. The summed E-state index contributed by atoms with van der Waals surface area (Å²) in [4.78, 5) is 4.51. The molecule has 0 amide bonds. The Morgan fingerprint density at radius 2 is 2.18 bits per heavy atom. The minimum atomic E-state index is -0.182. The van der Waals surface area contributed by atoms with Crippen LogP contribution in [0.5, 0.6) is 0 Å². The summed E-state index contributed by atoms with van der Waals surface area (Å²) in [6.07, 6.45) is 2.01. The van der Waals surface area contributed by atoms with Crippen LogP contribution in [0.15, 0.2) is 29.3 Å². The lowest BCUT2D eigenvalue weighted by atomic mass is 10.1. The van der Waals surface area contributed by atoms with E-state index in [1.165, 1.54) is 12.1 Å². The van der Waals surface area contributed by atoms with Crippen molar-refractivity contribution in [1.82, 2.24) is 5.32 Å². The third-order valence-corrected chi connectivity index (χ3v) is 3.90. The SMILES string of the molecule is CCC1CSC(=NCCc2ccc(F)cc2)N1. The fourth-order valence-electron chi connectivity index (χ4n) is 1.69. The predicted octanol–water partition coefficient (Wildman–Crippen LogP) is 2.84. The van der Waals surface area contributed by atoms with Crippen LogP contribution in [0.4, 0.5) is 4.39 Å². The van der Waals surface area contributed by atoms with Gasteiger partial charge in [0.1, 0.15) is 5.82 Å². The van der Waals surface area contributed by atoms with Crippen LogP contribution in [0.1, 0.15) is 18.9 Å². The molecule has 2 nitrogen and oxygen atoms in total. The van der Waals surface area contributed by atoms with Crippen molar-refractivity contribution in [3.05, 3.63) is 35.6 Å². The zero-order valence-electron chi connectivity index (χ0n) is 9.95. The molecule has 1 aromatic carbocycles. The Bertz CT molecular complexity index is 389. The van der Waals surface area contributed by atoms with E-state index in [1.54, 1.807) is 11.8 Å². The summed E-state index contributed by atoms with van der Waals surface area (Å²) < 4.78 is 12.7. The van der Waals surface area contributed by atoms with Gasteiger partial charge in [0.05, 0.1) is 0 Å². The summed E-state index contributed by atoms with van der Waals surface area (Å²) in [5, 5.41) is 4.44. The van der Waals surface area contributed by atoms with Crippen molar-refractivity contribution >= 4 is 16.9 Å². The van der Waals surface area contributed by atoms with E-state index >= 15 is 0 Å². The molecule has 17 heavy (non-hydrogen) atoms. The van der Waals surface area contributed by atoms with Crippen molar-refractivity contribution in [2.24, 2.45) is 4.99 Å². The number of benzene rings is 1. The van der Waals surface area contributed by atoms with Gasteiger partial charge >= 0.3 is 0 Å². The molecule has 0 aliphatic carbocycles. The van der Waals surface area contributed by atoms with Crippen molar-refractivity contribution in [1.29, 1.82) is 0 Å². The standard InChI is InChI=1S/C13H17FN2S/c1-2-12-9-17-13(16-12)15-8-7-10-3-5-11(14)6-4-10/h3-6,12H,2,7-9H2,1H3,(H,15,16). The van der Waals surface area contributed by atoms with Gasteiger partial charge in [-0.15, -0.1) is 0 Å². The Labute approximate surface area is 106 Å². The molecule has 1 heterocycles. The van der Waals surface area contributed by atoms with Crippen LogP contribution in [0, 0.1) is 5.82 Å². The lowest BCUT2D eigenvalue weighted by molar-refractivity contribution is 0.627. The Morgan fingerprint density at radius 3 is 2.82 bits per heavy atom. The number of rotatable bonds is 4. The van der Waals surface area contributed by atoms with E-state index in [0.29, 0.717) is 6.04 Å². The zero-order valence-corrected chi connectivity index (χ0v) is 10.8. The van der Waals surface area contributed by atoms with Gasteiger partial charge in [-0.2, -0.15) is 0 Å². The first-order valence-electron chi connectivity index (χ1n) is 5.96. The summed E-state index contributed by atoms with van der Waals surface area (Å²) in [7, 11) is 0. The number of thioether (sulfide) groups is 1. The van der Waals surface area contributed by atoms with Gasteiger partial charge < -0.3 is 5.32 Å². The highest BCUT2D eigenvalue weighted by atomic mass is 32.2. The van der Waals surface area contributed by atoms with Gasteiger partial charge in [-0.05, 0) is 30.5 Å². The van der Waals surface area contributed by atoms with E-state index in [9.17, 15) is 4.39 Å². The molecule has 1 fully saturated rings. The number of hydrogen-bond acceptors (Lipinski definition) is 2. The number of nitrogens with zero attached hydrogens (tertiary/aromatic N) is 1. The number of aliphatic imine (C=N–C) groups is 1. The van der Waals surface area contributed by atoms with Crippen LogP contribution in [-0.4, -0.2) is 23.5 Å². The summed E-state index contributed by atoms with van der Waals surface area (Å²) >= 11 is 1.79. The van der Waals surface area contributed by atoms with Gasteiger partial charge in [-0.3, -0.25) is 4.99 Å². The number of amidine groups is 1. The van der Waals surface area contributed by atoms with E-state index < -0.39 is 0 Å². The molecule has 1 aliphatic rings. The molecule has 0 bridgehead atoms. The average Bonchev–Trinajstić information content (AvgIpc) is 2.80. The van der Waals surface area contributed by atoms with Crippen LogP contribution in [0.3, 0.4) is 0 Å². The highest BCUT2D eigenvalue weighted by molar-refractivity contribution is 8.14. The number of nitrogens with one attached hydrogen (secondary N) is 1. The molecule has 1 aliphatic heterocycles. The first-order chi connectivity index (χ1) is 8.28. The van der Waals surface area contributed by atoms with Gasteiger partial charge in [0.2, 0.25) is 0 Å². The quantitative estimate of drug-likeness (QED) is 0.891. The highest BCUT2D eigenvalue weighted by Gasteiger charge is 2.17. The summed E-state index contributed by atoms with van der Waals surface area (Å²) in [6.45, 7) is 2.94. The van der Waals surface area contributed by atoms with Crippen molar-refractivity contribution in [2.45, 2.75) is 25.8 Å². The third kappa shape index (κ3) is 3.73. The largest absolute Gasteiger partial charge is 0.361 e. The molecule has 1 saturated heterocycles. The van der Waals surface area contributed by atoms with Gasteiger partial charge in [0, 0.05) is 18.3 Å². The molecule has 0 aromatic heterocycles. The smallest absolute Gasteiger partial charge is 0.156 e. The molecule has 92 valence electrons. The molecule has 0 saturated carbocycles. The van der Waals surface area contributed by atoms with E-state index in [2.05, 4.69) is 17.2 Å². The molecule has 0 radical (unpaired) electrons. The van der Waals surface area contributed by atoms with Crippen molar-refractivity contribution in [2.75, 3.05) is 12.3 Å². The van der Waals surface area contributed by atoms with Crippen LogP contribution >= 0.6 is 11.8 Å². The van der Waals surface area contributed by atoms with E-state index in [0.717, 1.165) is 35.9 Å². The lowest BCUT2D eigenvalue weighted by Crippen LogP contribution is -2.25. The Balaban J connectivity index is 1.79. The fourth-order valence-corrected chi connectivity index (χ4v) is 2.80. The van der Waals surface area contributed by atoms with Crippen LogP contribution in [0.2, 0.25) is 0 Å². The second-order valence-electron chi connectivity index (χ2n) is 4.12. The minimum absolute atomic E-state index is 0.182. The van der Waals surface area contributed by atoms with Gasteiger partial charge in [-0.1, -0.05) is 30.8 Å². The van der Waals surface area contributed by atoms with E-state index in [1.807, 2.05) is 12.1 Å². The molecule has 1 unspecified atom stereocenters. The van der Waals surface area contributed by atoms with Gasteiger partial charge in [0.15, 0.2) is 5.17 Å². The van der Waals surface area contributed by atoms with Gasteiger partial charge in [-0.25, -0.2) is 4.39 Å². The maximum atomic E-state index is 12.7. The predicted molar refractivity (Wildman–Crippen MR) is 72.1 cm³/mol. The van der Waals surface area contributed by atoms with Crippen molar-refractivity contribution in [3.63, 3.8) is 0 Å². The summed E-state index contributed by atoms with van der Waals surface area (Å²) in [5.74, 6) is 0.935. The van der Waals surface area contributed by atoms with Crippen LogP contribution in [0.25, 0.3) is 0 Å². The minimum Gasteiger partial charge on any atom is -0.361 e. The van der Waals surface area contributed by atoms with Crippen molar-refractivity contribution < 1.29 is 4.39 Å².